The van der Waals surface area contributed by atoms with Gasteiger partial charge < -0.3 is 15.5 Å². The molecule has 0 spiro atoms. The summed E-state index contributed by atoms with van der Waals surface area (Å²) >= 11 is 0. The molecule has 90 valence electrons. The summed E-state index contributed by atoms with van der Waals surface area (Å²) in [4.78, 5) is 7.94. The van der Waals surface area contributed by atoms with E-state index < -0.39 is 0 Å². The monoisotopic (exact) mass is 223 g/mol. The Morgan fingerprint density at radius 3 is 3.12 bits per heavy atom. The van der Waals surface area contributed by atoms with E-state index in [0.717, 1.165) is 50.4 Å². The van der Waals surface area contributed by atoms with E-state index in [1.54, 1.807) is 0 Å². The Morgan fingerprint density at radius 1 is 1.50 bits per heavy atom. The molecule has 0 aliphatic heterocycles. The number of hydrogen-bond acceptors (Lipinski definition) is 3. The molecule has 0 amide bonds. The number of nitrogens with zero attached hydrogens (tertiary/aromatic N) is 1. The molecule has 0 aromatic carbocycles. The summed E-state index contributed by atoms with van der Waals surface area (Å²) in [5.74, 6) is 1.03. The van der Waals surface area contributed by atoms with Crippen LogP contribution in [0.3, 0.4) is 0 Å². The van der Waals surface area contributed by atoms with Crippen LogP contribution >= 0.6 is 0 Å². The van der Waals surface area contributed by atoms with Crippen molar-refractivity contribution in [3.8, 4) is 0 Å². The van der Waals surface area contributed by atoms with Crippen LogP contribution in [0, 0.1) is 0 Å². The molecule has 0 saturated heterocycles. The van der Waals surface area contributed by atoms with E-state index in [2.05, 4.69) is 16.9 Å². The molecule has 4 heteroatoms. The number of imidazole rings is 1. The largest absolute Gasteiger partial charge is 0.381 e. The minimum absolute atomic E-state index is 0.130. The number of fused-ring (bicyclic) bond motifs is 1. The van der Waals surface area contributed by atoms with Gasteiger partial charge in [-0.15, -0.1) is 0 Å². The highest BCUT2D eigenvalue weighted by atomic mass is 16.5. The van der Waals surface area contributed by atoms with E-state index >= 15 is 0 Å². The molecule has 1 aromatic rings. The van der Waals surface area contributed by atoms with Gasteiger partial charge in [0.15, 0.2) is 0 Å². The molecule has 16 heavy (non-hydrogen) atoms. The zero-order chi connectivity index (χ0) is 11.4. The van der Waals surface area contributed by atoms with Crippen molar-refractivity contribution in [2.24, 2.45) is 5.73 Å². The molecule has 4 nitrogen and oxygen atoms in total. The number of H-pyrrole nitrogens is 1. The number of aryl methyl sites for hydroxylation is 1. The number of hydrogen-bond donors (Lipinski definition) is 2. The summed E-state index contributed by atoms with van der Waals surface area (Å²) in [5, 5.41) is 0. The molecular weight excluding hydrogens is 202 g/mol. The first-order valence-corrected chi connectivity index (χ1v) is 6.22. The Bertz CT molecular complexity index is 335. The fourth-order valence-corrected chi connectivity index (χ4v) is 2.15. The van der Waals surface area contributed by atoms with Crippen molar-refractivity contribution in [2.75, 3.05) is 13.2 Å². The highest BCUT2D eigenvalue weighted by molar-refractivity contribution is 5.21. The molecule has 1 aliphatic rings. The summed E-state index contributed by atoms with van der Waals surface area (Å²) in [6.45, 7) is 3.69. The lowest BCUT2D eigenvalue weighted by atomic mass is 9.97. The second-order valence-electron chi connectivity index (χ2n) is 4.41. The lowest BCUT2D eigenvalue weighted by molar-refractivity contribution is 0.136. The molecule has 3 N–H and O–H groups in total. The average molecular weight is 223 g/mol. The first-order valence-electron chi connectivity index (χ1n) is 6.22. The summed E-state index contributed by atoms with van der Waals surface area (Å²) in [6.07, 6.45) is 5.25. The Hall–Kier alpha value is -0.870. The zero-order valence-electron chi connectivity index (χ0n) is 9.96. The highest BCUT2D eigenvalue weighted by Gasteiger charge is 2.20. The number of nitrogens with two attached hydrogens (primary N) is 1. The van der Waals surface area contributed by atoms with E-state index in [4.69, 9.17) is 10.5 Å². The normalized spacial score (nSPS) is 19.8. The number of aromatic nitrogens is 2. The number of rotatable bonds is 5. The van der Waals surface area contributed by atoms with Crippen molar-refractivity contribution < 1.29 is 4.74 Å². The third-order valence-corrected chi connectivity index (χ3v) is 2.98. The molecule has 0 fully saturated rings. The zero-order valence-corrected chi connectivity index (χ0v) is 9.96. The van der Waals surface area contributed by atoms with Crippen LogP contribution in [0.15, 0.2) is 0 Å². The van der Waals surface area contributed by atoms with Gasteiger partial charge in [-0.2, -0.15) is 0 Å². The summed E-state index contributed by atoms with van der Waals surface area (Å²) in [5.41, 5.74) is 8.34. The van der Waals surface area contributed by atoms with Gasteiger partial charge in [0.2, 0.25) is 0 Å². The molecule has 0 bridgehead atoms. The predicted octanol–water partition coefficient (Wildman–Crippen LogP) is 1.71. The molecule has 1 aromatic heterocycles. The third kappa shape index (κ3) is 2.62. The van der Waals surface area contributed by atoms with Crippen molar-refractivity contribution in [2.45, 2.75) is 45.1 Å². The van der Waals surface area contributed by atoms with Gasteiger partial charge in [-0.1, -0.05) is 6.92 Å². The van der Waals surface area contributed by atoms with Crippen molar-refractivity contribution in [3.05, 3.63) is 17.2 Å². The average Bonchev–Trinajstić information content (AvgIpc) is 2.69. The van der Waals surface area contributed by atoms with Crippen LogP contribution in [0.25, 0.3) is 0 Å². The number of aromatic amines is 1. The molecule has 0 radical (unpaired) electrons. The molecule has 1 atom stereocenters. The number of nitrogens with one attached hydrogen (secondary N) is 1. The fraction of sp³-hybridized carbons (Fsp3) is 0.750. The van der Waals surface area contributed by atoms with Gasteiger partial charge in [-0.25, -0.2) is 4.98 Å². The van der Waals surface area contributed by atoms with Gasteiger partial charge in [0, 0.05) is 24.8 Å². The second-order valence-corrected chi connectivity index (χ2v) is 4.41. The van der Waals surface area contributed by atoms with Gasteiger partial charge in [-0.05, 0) is 25.7 Å². The van der Waals surface area contributed by atoms with Crippen LogP contribution in [0.4, 0.5) is 0 Å². The van der Waals surface area contributed by atoms with Crippen molar-refractivity contribution in [3.63, 3.8) is 0 Å². The van der Waals surface area contributed by atoms with Crippen LogP contribution in [0.1, 0.15) is 49.4 Å². The summed E-state index contributed by atoms with van der Waals surface area (Å²) in [6, 6.07) is 0.130. The molecule has 0 saturated carbocycles. The molecule has 1 heterocycles. The van der Waals surface area contributed by atoms with Gasteiger partial charge in [0.05, 0.1) is 12.3 Å². The molecule has 2 rings (SSSR count). The summed E-state index contributed by atoms with van der Waals surface area (Å²) < 4.78 is 5.45. The lowest BCUT2D eigenvalue weighted by Crippen LogP contribution is -2.17. The smallest absolute Gasteiger partial charge is 0.108 e. The second kappa shape index (κ2) is 5.46. The van der Waals surface area contributed by atoms with E-state index in [-0.39, 0.29) is 6.04 Å². The minimum Gasteiger partial charge on any atom is -0.381 e. The predicted molar refractivity (Wildman–Crippen MR) is 63.3 cm³/mol. The fourth-order valence-electron chi connectivity index (χ4n) is 2.15. The van der Waals surface area contributed by atoms with E-state index in [1.807, 2.05) is 0 Å². The van der Waals surface area contributed by atoms with Crippen LogP contribution in [-0.4, -0.2) is 23.2 Å². The first-order chi connectivity index (χ1) is 7.81. The van der Waals surface area contributed by atoms with Crippen molar-refractivity contribution >= 4 is 0 Å². The maximum absolute atomic E-state index is 6.02. The first kappa shape index (κ1) is 11.6. The molecular formula is C12H21N3O. The summed E-state index contributed by atoms with van der Waals surface area (Å²) in [7, 11) is 0. The van der Waals surface area contributed by atoms with Crippen molar-refractivity contribution in [1.82, 2.24) is 9.97 Å². The maximum Gasteiger partial charge on any atom is 0.108 e. The standard InChI is InChI=1S/C12H21N3O/c1-2-7-16-8-6-11-14-10-5-3-4-9(13)12(10)15-11/h9H,2-8,13H2,1H3,(H,14,15). The van der Waals surface area contributed by atoms with Gasteiger partial charge in [0.1, 0.15) is 5.82 Å². The van der Waals surface area contributed by atoms with E-state index in [9.17, 15) is 0 Å². The maximum atomic E-state index is 6.02. The lowest BCUT2D eigenvalue weighted by Gasteiger charge is -2.15. The Kier molecular flexibility index (Phi) is 3.96. The number of ether oxygens (including phenoxy) is 1. The SMILES string of the molecule is CCCOCCc1nc2c([nH]1)CCCC2N. The van der Waals surface area contributed by atoms with E-state index in [1.165, 1.54) is 12.1 Å². The van der Waals surface area contributed by atoms with Gasteiger partial charge >= 0.3 is 0 Å². The Labute approximate surface area is 96.6 Å². The van der Waals surface area contributed by atoms with Crippen molar-refractivity contribution in [1.29, 1.82) is 0 Å². The third-order valence-electron chi connectivity index (χ3n) is 2.98. The Balaban J connectivity index is 1.91. The van der Waals surface area contributed by atoms with Crippen LogP contribution in [0.5, 0.6) is 0 Å². The minimum atomic E-state index is 0.130. The Morgan fingerprint density at radius 2 is 2.38 bits per heavy atom. The van der Waals surface area contributed by atoms with Crippen LogP contribution < -0.4 is 5.73 Å². The van der Waals surface area contributed by atoms with E-state index in [0.29, 0.717) is 0 Å². The molecule has 1 unspecified atom stereocenters. The topological polar surface area (TPSA) is 63.9 Å². The van der Waals surface area contributed by atoms with Crippen LogP contribution in [-0.2, 0) is 17.6 Å². The van der Waals surface area contributed by atoms with Gasteiger partial charge in [-0.3, -0.25) is 0 Å². The quantitative estimate of drug-likeness (QED) is 0.747. The molecule has 1 aliphatic carbocycles. The highest BCUT2D eigenvalue weighted by Crippen LogP contribution is 2.25. The van der Waals surface area contributed by atoms with Gasteiger partial charge in [0.25, 0.3) is 0 Å². The van der Waals surface area contributed by atoms with Crippen LogP contribution in [0.2, 0.25) is 0 Å².